The maximum atomic E-state index is 10.5. The molecular weight excluding hydrogens is 268 g/mol. The number of nitrogens with zero attached hydrogens (tertiary/aromatic N) is 4. The largest absolute Gasteiger partial charge is 0.388 e. The molecule has 0 spiro atoms. The van der Waals surface area contributed by atoms with E-state index in [4.69, 9.17) is 5.73 Å². The van der Waals surface area contributed by atoms with Gasteiger partial charge in [-0.3, -0.25) is 0 Å². The molecule has 0 unspecified atom stereocenters. The summed E-state index contributed by atoms with van der Waals surface area (Å²) in [5.74, 6) is 1.21. The van der Waals surface area contributed by atoms with Crippen LogP contribution < -0.4 is 16.0 Å². The van der Waals surface area contributed by atoms with Crippen LogP contribution in [-0.4, -0.2) is 45.3 Å². The van der Waals surface area contributed by atoms with Crippen molar-refractivity contribution >= 4 is 17.8 Å². The standard InChI is InChI=1S/C14H26N6O/c1-3-20(4-2)13-18-11(15)17-12(19-13)16-10-14(21)8-6-5-7-9-14/h21H,3-10H2,1-2H3,(H3,15,16,17,18,19). The molecule has 0 aliphatic heterocycles. The molecule has 2 rings (SSSR count). The van der Waals surface area contributed by atoms with Crippen molar-refractivity contribution in [3.63, 3.8) is 0 Å². The number of nitrogens with one attached hydrogen (secondary N) is 1. The zero-order valence-corrected chi connectivity index (χ0v) is 13.0. The van der Waals surface area contributed by atoms with Crippen molar-refractivity contribution < 1.29 is 5.11 Å². The van der Waals surface area contributed by atoms with Gasteiger partial charge in [0.1, 0.15) is 0 Å². The van der Waals surface area contributed by atoms with E-state index in [0.717, 1.165) is 38.8 Å². The molecule has 4 N–H and O–H groups in total. The third kappa shape index (κ3) is 4.17. The van der Waals surface area contributed by atoms with Gasteiger partial charge in [-0.1, -0.05) is 19.3 Å². The van der Waals surface area contributed by atoms with Gasteiger partial charge in [-0.05, 0) is 26.7 Å². The lowest BCUT2D eigenvalue weighted by atomic mass is 9.85. The first kappa shape index (κ1) is 15.8. The van der Waals surface area contributed by atoms with Crippen LogP contribution in [0.15, 0.2) is 0 Å². The Morgan fingerprint density at radius 1 is 1.14 bits per heavy atom. The van der Waals surface area contributed by atoms with Crippen LogP contribution in [0.25, 0.3) is 0 Å². The van der Waals surface area contributed by atoms with E-state index < -0.39 is 5.60 Å². The fourth-order valence-electron chi connectivity index (χ4n) is 2.74. The molecule has 0 saturated heterocycles. The SMILES string of the molecule is CCN(CC)c1nc(N)nc(NCC2(O)CCCCC2)n1. The molecule has 1 aliphatic rings. The van der Waals surface area contributed by atoms with Crippen molar-refractivity contribution in [3.8, 4) is 0 Å². The fourth-order valence-corrected chi connectivity index (χ4v) is 2.74. The molecule has 21 heavy (non-hydrogen) atoms. The van der Waals surface area contributed by atoms with Crippen LogP contribution in [0.2, 0.25) is 0 Å². The molecule has 1 heterocycles. The van der Waals surface area contributed by atoms with E-state index in [0.29, 0.717) is 18.4 Å². The van der Waals surface area contributed by atoms with Crippen molar-refractivity contribution in [2.45, 2.75) is 51.6 Å². The molecule has 1 aliphatic carbocycles. The van der Waals surface area contributed by atoms with Gasteiger partial charge >= 0.3 is 0 Å². The lowest BCUT2D eigenvalue weighted by molar-refractivity contribution is 0.0166. The van der Waals surface area contributed by atoms with E-state index >= 15 is 0 Å². The Hall–Kier alpha value is -1.63. The average molecular weight is 294 g/mol. The topological polar surface area (TPSA) is 100 Å². The maximum Gasteiger partial charge on any atom is 0.231 e. The number of anilines is 3. The summed E-state index contributed by atoms with van der Waals surface area (Å²) in [6.45, 7) is 6.16. The minimum Gasteiger partial charge on any atom is -0.388 e. The third-order valence-corrected chi connectivity index (χ3v) is 4.05. The Morgan fingerprint density at radius 2 is 1.81 bits per heavy atom. The number of hydrogen-bond acceptors (Lipinski definition) is 7. The summed E-state index contributed by atoms with van der Waals surface area (Å²) >= 11 is 0. The Labute approximate surface area is 126 Å². The summed E-state index contributed by atoms with van der Waals surface area (Å²) in [7, 11) is 0. The predicted molar refractivity (Wildman–Crippen MR) is 84.3 cm³/mol. The van der Waals surface area contributed by atoms with E-state index in [1.165, 1.54) is 6.42 Å². The van der Waals surface area contributed by atoms with Gasteiger partial charge in [0.15, 0.2) is 0 Å². The van der Waals surface area contributed by atoms with Crippen molar-refractivity contribution in [1.29, 1.82) is 0 Å². The first-order chi connectivity index (χ1) is 10.1. The molecule has 7 nitrogen and oxygen atoms in total. The van der Waals surface area contributed by atoms with Gasteiger partial charge in [0.2, 0.25) is 17.8 Å². The second kappa shape index (κ2) is 6.89. The number of nitrogens with two attached hydrogens (primary N) is 1. The summed E-state index contributed by atoms with van der Waals surface area (Å²) < 4.78 is 0. The van der Waals surface area contributed by atoms with Gasteiger partial charge < -0.3 is 21.1 Å². The molecular formula is C14H26N6O. The number of rotatable bonds is 6. The fraction of sp³-hybridized carbons (Fsp3) is 0.786. The van der Waals surface area contributed by atoms with E-state index in [2.05, 4.69) is 20.3 Å². The van der Waals surface area contributed by atoms with Crippen LogP contribution in [-0.2, 0) is 0 Å². The zero-order chi connectivity index (χ0) is 15.3. The van der Waals surface area contributed by atoms with Crippen molar-refractivity contribution in [2.24, 2.45) is 0 Å². The van der Waals surface area contributed by atoms with E-state index in [-0.39, 0.29) is 5.95 Å². The Balaban J connectivity index is 2.05. The van der Waals surface area contributed by atoms with Gasteiger partial charge in [-0.15, -0.1) is 0 Å². The van der Waals surface area contributed by atoms with Crippen LogP contribution >= 0.6 is 0 Å². The molecule has 1 fully saturated rings. The van der Waals surface area contributed by atoms with Crippen molar-refractivity contribution in [3.05, 3.63) is 0 Å². The van der Waals surface area contributed by atoms with Gasteiger partial charge in [0.25, 0.3) is 0 Å². The molecule has 118 valence electrons. The molecule has 0 radical (unpaired) electrons. The number of aliphatic hydroxyl groups is 1. The molecule has 0 bridgehead atoms. The highest BCUT2D eigenvalue weighted by atomic mass is 16.3. The van der Waals surface area contributed by atoms with Gasteiger partial charge in [-0.2, -0.15) is 15.0 Å². The second-order valence-corrected chi connectivity index (χ2v) is 5.63. The van der Waals surface area contributed by atoms with Crippen molar-refractivity contribution in [2.75, 3.05) is 35.6 Å². The Kier molecular flexibility index (Phi) is 5.17. The zero-order valence-electron chi connectivity index (χ0n) is 13.0. The quantitative estimate of drug-likeness (QED) is 0.729. The normalized spacial score (nSPS) is 17.5. The molecule has 1 saturated carbocycles. The second-order valence-electron chi connectivity index (χ2n) is 5.63. The summed E-state index contributed by atoms with van der Waals surface area (Å²) in [5.41, 5.74) is 5.10. The van der Waals surface area contributed by atoms with Crippen LogP contribution in [0.1, 0.15) is 46.0 Å². The molecule has 1 aromatic rings. The smallest absolute Gasteiger partial charge is 0.231 e. The minimum absolute atomic E-state index is 0.199. The van der Waals surface area contributed by atoms with E-state index in [1.54, 1.807) is 0 Å². The molecule has 0 atom stereocenters. The van der Waals surface area contributed by atoms with Gasteiger partial charge in [0, 0.05) is 19.6 Å². The highest BCUT2D eigenvalue weighted by Gasteiger charge is 2.29. The summed E-state index contributed by atoms with van der Waals surface area (Å²) in [5, 5.41) is 13.6. The van der Waals surface area contributed by atoms with Gasteiger partial charge in [-0.25, -0.2) is 0 Å². The van der Waals surface area contributed by atoms with Gasteiger partial charge in [0.05, 0.1) is 5.60 Å². The van der Waals surface area contributed by atoms with Crippen LogP contribution in [0.3, 0.4) is 0 Å². The predicted octanol–water partition coefficient (Wildman–Crippen LogP) is 1.41. The van der Waals surface area contributed by atoms with Crippen LogP contribution in [0, 0.1) is 0 Å². The third-order valence-electron chi connectivity index (χ3n) is 4.05. The van der Waals surface area contributed by atoms with Crippen LogP contribution in [0.5, 0.6) is 0 Å². The Bertz CT molecular complexity index is 457. The summed E-state index contributed by atoms with van der Waals surface area (Å²) in [6, 6.07) is 0. The molecule has 0 aromatic carbocycles. The van der Waals surface area contributed by atoms with E-state index in [1.807, 2.05) is 18.7 Å². The summed E-state index contributed by atoms with van der Waals surface area (Å²) in [4.78, 5) is 14.7. The maximum absolute atomic E-state index is 10.5. The lowest BCUT2D eigenvalue weighted by Crippen LogP contribution is -2.39. The molecule has 0 amide bonds. The molecule has 1 aromatic heterocycles. The average Bonchev–Trinajstić information content (AvgIpc) is 2.47. The molecule has 7 heteroatoms. The first-order valence-electron chi connectivity index (χ1n) is 7.79. The highest BCUT2D eigenvalue weighted by Crippen LogP contribution is 2.28. The highest BCUT2D eigenvalue weighted by molar-refractivity contribution is 5.41. The monoisotopic (exact) mass is 294 g/mol. The first-order valence-corrected chi connectivity index (χ1v) is 7.79. The number of hydrogen-bond donors (Lipinski definition) is 3. The van der Waals surface area contributed by atoms with Crippen molar-refractivity contribution in [1.82, 2.24) is 15.0 Å². The lowest BCUT2D eigenvalue weighted by Gasteiger charge is -2.32. The van der Waals surface area contributed by atoms with E-state index in [9.17, 15) is 5.11 Å². The minimum atomic E-state index is -0.658. The Morgan fingerprint density at radius 3 is 2.43 bits per heavy atom. The van der Waals surface area contributed by atoms with Crippen LogP contribution in [0.4, 0.5) is 17.8 Å². The summed E-state index contributed by atoms with van der Waals surface area (Å²) in [6.07, 6.45) is 4.99. The number of aromatic nitrogens is 3. The number of nitrogen functional groups attached to an aromatic ring is 1.